The molecule has 0 fully saturated rings. The summed E-state index contributed by atoms with van der Waals surface area (Å²) in [6.45, 7) is 3.66. The lowest BCUT2D eigenvalue weighted by Gasteiger charge is -2.16. The average molecular weight is 371 g/mol. The Labute approximate surface area is 146 Å². The van der Waals surface area contributed by atoms with Gasteiger partial charge in [-0.3, -0.25) is 4.79 Å². The minimum absolute atomic E-state index is 0.0693. The van der Waals surface area contributed by atoms with Crippen LogP contribution in [0.25, 0.3) is 11.4 Å². The molecule has 1 heterocycles. The zero-order chi connectivity index (χ0) is 19.5. The maximum absolute atomic E-state index is 12.5. The number of alkyl halides is 3. The van der Waals surface area contributed by atoms with Crippen molar-refractivity contribution >= 4 is 11.9 Å². The minimum atomic E-state index is -4.74. The van der Waals surface area contributed by atoms with E-state index in [2.05, 4.69) is 20.0 Å². The number of carbonyl (C=O) groups excluding carboxylic acids is 1. The number of hydrogen-bond acceptors (Lipinski definition) is 5. The summed E-state index contributed by atoms with van der Waals surface area (Å²) in [5.74, 6) is -3.41. The molecule has 2 N–H and O–H groups in total. The SMILES string of the molecule is CC(C)CC(NC(=O)c1ccc(-c2noc(C(F)(F)F)n2)cc1)C(=O)O. The van der Waals surface area contributed by atoms with E-state index in [0.29, 0.717) is 0 Å². The van der Waals surface area contributed by atoms with Crippen LogP contribution in [0, 0.1) is 5.92 Å². The lowest BCUT2D eigenvalue weighted by Crippen LogP contribution is -2.41. The summed E-state index contributed by atoms with van der Waals surface area (Å²) >= 11 is 0. The van der Waals surface area contributed by atoms with E-state index >= 15 is 0 Å². The first-order valence-corrected chi connectivity index (χ1v) is 7.63. The molecule has 0 radical (unpaired) electrons. The predicted molar refractivity (Wildman–Crippen MR) is 83.1 cm³/mol. The van der Waals surface area contributed by atoms with Crippen molar-refractivity contribution in [1.29, 1.82) is 0 Å². The van der Waals surface area contributed by atoms with E-state index in [0.717, 1.165) is 0 Å². The normalized spacial score (nSPS) is 12.8. The molecule has 0 spiro atoms. The van der Waals surface area contributed by atoms with E-state index in [1.54, 1.807) is 0 Å². The number of carboxylic acid groups (broad SMARTS) is 1. The second-order valence-electron chi connectivity index (χ2n) is 5.99. The van der Waals surface area contributed by atoms with Crippen LogP contribution in [0.2, 0.25) is 0 Å². The number of benzene rings is 1. The second kappa shape index (κ2) is 7.54. The van der Waals surface area contributed by atoms with Crippen molar-refractivity contribution in [1.82, 2.24) is 15.5 Å². The van der Waals surface area contributed by atoms with Crippen molar-refractivity contribution in [2.75, 3.05) is 0 Å². The fourth-order valence-electron chi connectivity index (χ4n) is 2.16. The van der Waals surface area contributed by atoms with Gasteiger partial charge in [-0.25, -0.2) is 4.79 Å². The van der Waals surface area contributed by atoms with Gasteiger partial charge >= 0.3 is 18.0 Å². The number of amides is 1. The zero-order valence-corrected chi connectivity index (χ0v) is 13.9. The quantitative estimate of drug-likeness (QED) is 0.809. The van der Waals surface area contributed by atoms with Gasteiger partial charge in [0.05, 0.1) is 0 Å². The van der Waals surface area contributed by atoms with Crippen molar-refractivity contribution in [3.63, 3.8) is 0 Å². The zero-order valence-electron chi connectivity index (χ0n) is 13.9. The first kappa shape index (κ1) is 19.4. The van der Waals surface area contributed by atoms with Crippen LogP contribution in [-0.4, -0.2) is 33.2 Å². The number of aromatic nitrogens is 2. The maximum Gasteiger partial charge on any atom is 0.471 e. The van der Waals surface area contributed by atoms with Crippen LogP contribution in [0.4, 0.5) is 13.2 Å². The Morgan fingerprint density at radius 3 is 2.31 bits per heavy atom. The predicted octanol–water partition coefficient (Wildman–Crippen LogP) is 2.98. The standard InChI is InChI=1S/C16H16F3N3O4/c1-8(2)7-11(14(24)25)20-13(23)10-5-3-9(4-6-10)12-21-15(26-22-12)16(17,18)19/h3-6,8,11H,7H2,1-2H3,(H,20,23)(H,24,25). The van der Waals surface area contributed by atoms with Gasteiger partial charge in [0.15, 0.2) is 0 Å². The number of halogens is 3. The van der Waals surface area contributed by atoms with Gasteiger partial charge in [0.25, 0.3) is 5.91 Å². The molecule has 2 aromatic rings. The number of aliphatic carboxylic acids is 1. The molecule has 0 bridgehead atoms. The van der Waals surface area contributed by atoms with Gasteiger partial charge in [-0.2, -0.15) is 18.2 Å². The Morgan fingerprint density at radius 1 is 1.23 bits per heavy atom. The smallest absolute Gasteiger partial charge is 0.471 e. The highest BCUT2D eigenvalue weighted by atomic mass is 19.4. The Kier molecular flexibility index (Phi) is 5.63. The summed E-state index contributed by atoms with van der Waals surface area (Å²) < 4.78 is 41.5. The Morgan fingerprint density at radius 2 is 1.85 bits per heavy atom. The van der Waals surface area contributed by atoms with Crippen LogP contribution in [0.3, 0.4) is 0 Å². The topological polar surface area (TPSA) is 105 Å². The summed E-state index contributed by atoms with van der Waals surface area (Å²) in [5.41, 5.74) is 0.376. The molecule has 0 aliphatic rings. The molecular weight excluding hydrogens is 355 g/mol. The van der Waals surface area contributed by atoms with E-state index in [-0.39, 0.29) is 29.3 Å². The molecule has 0 aliphatic carbocycles. The summed E-state index contributed by atoms with van der Waals surface area (Å²) in [5, 5.41) is 14.8. The van der Waals surface area contributed by atoms with Crippen LogP contribution in [0.5, 0.6) is 0 Å². The van der Waals surface area contributed by atoms with Crippen LogP contribution >= 0.6 is 0 Å². The minimum Gasteiger partial charge on any atom is -0.480 e. The Hall–Kier alpha value is -2.91. The molecule has 2 rings (SSSR count). The maximum atomic E-state index is 12.5. The third-order valence-electron chi connectivity index (χ3n) is 3.38. The van der Waals surface area contributed by atoms with Crippen molar-refractivity contribution in [3.8, 4) is 11.4 Å². The molecule has 1 aromatic carbocycles. The second-order valence-corrected chi connectivity index (χ2v) is 5.99. The first-order chi connectivity index (χ1) is 12.1. The van der Waals surface area contributed by atoms with Crippen LogP contribution < -0.4 is 5.32 Å². The van der Waals surface area contributed by atoms with Gasteiger partial charge in [-0.15, -0.1) is 0 Å². The highest BCUT2D eigenvalue weighted by molar-refractivity contribution is 5.96. The van der Waals surface area contributed by atoms with E-state index in [1.165, 1.54) is 24.3 Å². The third kappa shape index (κ3) is 4.80. The number of hydrogen-bond donors (Lipinski definition) is 2. The van der Waals surface area contributed by atoms with Crippen molar-refractivity contribution < 1.29 is 32.4 Å². The van der Waals surface area contributed by atoms with E-state index in [4.69, 9.17) is 5.11 Å². The molecule has 1 aromatic heterocycles. The summed E-state index contributed by atoms with van der Waals surface area (Å²) in [7, 11) is 0. The van der Waals surface area contributed by atoms with Gasteiger partial charge in [0.2, 0.25) is 5.82 Å². The van der Waals surface area contributed by atoms with Crippen molar-refractivity contribution in [2.45, 2.75) is 32.5 Å². The highest BCUT2D eigenvalue weighted by Gasteiger charge is 2.38. The first-order valence-electron chi connectivity index (χ1n) is 7.63. The molecule has 0 aliphatic heterocycles. The van der Waals surface area contributed by atoms with Crippen LogP contribution in [0.15, 0.2) is 28.8 Å². The van der Waals surface area contributed by atoms with Crippen molar-refractivity contribution in [2.24, 2.45) is 5.92 Å². The number of carboxylic acids is 1. The number of nitrogens with one attached hydrogen (secondary N) is 1. The van der Waals surface area contributed by atoms with E-state index in [1.807, 2.05) is 13.8 Å². The molecular formula is C16H16F3N3O4. The van der Waals surface area contributed by atoms with Gasteiger partial charge in [-0.05, 0) is 24.5 Å². The summed E-state index contributed by atoms with van der Waals surface area (Å²) in [4.78, 5) is 26.6. The lowest BCUT2D eigenvalue weighted by atomic mass is 10.0. The molecule has 26 heavy (non-hydrogen) atoms. The van der Waals surface area contributed by atoms with Gasteiger partial charge in [0.1, 0.15) is 6.04 Å². The Balaban J connectivity index is 2.12. The number of nitrogens with zero attached hydrogens (tertiary/aromatic N) is 2. The third-order valence-corrected chi connectivity index (χ3v) is 3.38. The van der Waals surface area contributed by atoms with Gasteiger partial charge in [-0.1, -0.05) is 31.1 Å². The highest BCUT2D eigenvalue weighted by Crippen LogP contribution is 2.29. The van der Waals surface area contributed by atoms with Gasteiger partial charge < -0.3 is 14.9 Å². The monoisotopic (exact) mass is 371 g/mol. The van der Waals surface area contributed by atoms with E-state index < -0.39 is 30.0 Å². The fraction of sp³-hybridized carbons (Fsp3) is 0.375. The molecule has 1 unspecified atom stereocenters. The van der Waals surface area contributed by atoms with Crippen LogP contribution in [-0.2, 0) is 11.0 Å². The molecule has 1 amide bonds. The number of rotatable bonds is 6. The summed E-state index contributed by atoms with van der Waals surface area (Å²) in [6.07, 6.45) is -4.48. The number of carbonyl (C=O) groups is 2. The van der Waals surface area contributed by atoms with Gasteiger partial charge in [0, 0.05) is 11.1 Å². The molecule has 140 valence electrons. The largest absolute Gasteiger partial charge is 0.480 e. The molecule has 0 saturated carbocycles. The van der Waals surface area contributed by atoms with Crippen LogP contribution in [0.1, 0.15) is 36.5 Å². The fourth-order valence-corrected chi connectivity index (χ4v) is 2.16. The van der Waals surface area contributed by atoms with E-state index in [9.17, 15) is 22.8 Å². The summed E-state index contributed by atoms with van der Waals surface area (Å²) in [6, 6.07) is 4.33. The molecule has 0 saturated heterocycles. The Bertz CT molecular complexity index is 785. The average Bonchev–Trinajstić information content (AvgIpc) is 3.04. The lowest BCUT2D eigenvalue weighted by molar-refractivity contribution is -0.159. The van der Waals surface area contributed by atoms with Crippen molar-refractivity contribution in [3.05, 3.63) is 35.7 Å². The molecule has 1 atom stereocenters. The molecule has 10 heteroatoms. The molecule has 7 nitrogen and oxygen atoms in total.